The van der Waals surface area contributed by atoms with E-state index in [9.17, 15) is 4.79 Å². The van der Waals surface area contributed by atoms with Gasteiger partial charge in [-0.15, -0.1) is 12.4 Å². The Morgan fingerprint density at radius 2 is 2.14 bits per heavy atom. The molecule has 6 nitrogen and oxygen atoms in total. The number of aromatic nitrogens is 4. The molecule has 1 aliphatic rings. The maximum atomic E-state index is 11.9. The van der Waals surface area contributed by atoms with Crippen LogP contribution >= 0.6 is 12.4 Å². The molecule has 3 aromatic heterocycles. The summed E-state index contributed by atoms with van der Waals surface area (Å²) >= 11 is 0. The average molecular weight is 316 g/mol. The monoisotopic (exact) mass is 315 g/mol. The molecule has 0 saturated heterocycles. The van der Waals surface area contributed by atoms with Gasteiger partial charge in [-0.05, 0) is 25.0 Å². The SMILES string of the molecule is Cl.O=C(Nc1[nH]nc2ncc(-c3cccnc3)cc12)C1CC1. The van der Waals surface area contributed by atoms with Gasteiger partial charge in [-0.2, -0.15) is 5.10 Å². The predicted octanol–water partition coefficient (Wildman–Crippen LogP) is 2.79. The van der Waals surface area contributed by atoms with Crippen molar-refractivity contribution >= 4 is 35.2 Å². The number of aromatic amines is 1. The highest BCUT2D eigenvalue weighted by molar-refractivity contribution is 6.01. The zero-order valence-electron chi connectivity index (χ0n) is 11.6. The Morgan fingerprint density at radius 3 is 2.86 bits per heavy atom. The molecule has 0 aliphatic heterocycles. The number of H-pyrrole nitrogens is 1. The second-order valence-corrected chi connectivity index (χ2v) is 5.20. The van der Waals surface area contributed by atoms with Gasteiger partial charge in [0.1, 0.15) is 5.82 Å². The number of anilines is 1. The van der Waals surface area contributed by atoms with Gasteiger partial charge < -0.3 is 5.32 Å². The summed E-state index contributed by atoms with van der Waals surface area (Å²) in [6.45, 7) is 0. The molecule has 22 heavy (non-hydrogen) atoms. The van der Waals surface area contributed by atoms with Crippen LogP contribution in [-0.2, 0) is 4.79 Å². The minimum atomic E-state index is 0. The third-order valence-electron chi connectivity index (χ3n) is 3.60. The first-order valence-electron chi connectivity index (χ1n) is 6.86. The van der Waals surface area contributed by atoms with Gasteiger partial charge in [0.05, 0.1) is 5.39 Å². The van der Waals surface area contributed by atoms with Crippen LogP contribution in [0.5, 0.6) is 0 Å². The number of hydrogen-bond acceptors (Lipinski definition) is 4. The van der Waals surface area contributed by atoms with E-state index in [0.717, 1.165) is 29.4 Å². The molecule has 4 rings (SSSR count). The molecule has 2 N–H and O–H groups in total. The number of halogens is 1. The van der Waals surface area contributed by atoms with Gasteiger partial charge in [0.15, 0.2) is 5.65 Å². The molecule has 1 saturated carbocycles. The molecule has 1 amide bonds. The summed E-state index contributed by atoms with van der Waals surface area (Å²) in [5.41, 5.74) is 2.51. The molecule has 7 heteroatoms. The van der Waals surface area contributed by atoms with Crippen molar-refractivity contribution in [1.82, 2.24) is 20.2 Å². The number of amides is 1. The molecule has 0 bridgehead atoms. The van der Waals surface area contributed by atoms with E-state index in [4.69, 9.17) is 0 Å². The van der Waals surface area contributed by atoms with Gasteiger partial charge in [0.2, 0.25) is 5.91 Å². The van der Waals surface area contributed by atoms with Crippen molar-refractivity contribution in [2.24, 2.45) is 5.92 Å². The Balaban J connectivity index is 0.00000144. The van der Waals surface area contributed by atoms with Crippen molar-refractivity contribution in [3.63, 3.8) is 0 Å². The van der Waals surface area contributed by atoms with E-state index < -0.39 is 0 Å². The molecular weight excluding hydrogens is 302 g/mol. The molecular formula is C15H14ClN5O. The van der Waals surface area contributed by atoms with E-state index in [1.54, 1.807) is 18.6 Å². The largest absolute Gasteiger partial charge is 0.310 e. The maximum Gasteiger partial charge on any atom is 0.228 e. The Labute approximate surface area is 132 Å². The number of fused-ring (bicyclic) bond motifs is 1. The molecule has 0 aromatic carbocycles. The topological polar surface area (TPSA) is 83.6 Å². The van der Waals surface area contributed by atoms with Gasteiger partial charge >= 0.3 is 0 Å². The van der Waals surface area contributed by atoms with Crippen molar-refractivity contribution in [3.8, 4) is 11.1 Å². The Morgan fingerprint density at radius 1 is 1.27 bits per heavy atom. The molecule has 0 unspecified atom stereocenters. The second kappa shape index (κ2) is 5.73. The second-order valence-electron chi connectivity index (χ2n) is 5.20. The Hall–Kier alpha value is -2.47. The molecule has 1 aliphatic carbocycles. The summed E-state index contributed by atoms with van der Waals surface area (Å²) in [5, 5.41) is 10.7. The lowest BCUT2D eigenvalue weighted by molar-refractivity contribution is -0.117. The highest BCUT2D eigenvalue weighted by atomic mass is 35.5. The van der Waals surface area contributed by atoms with Gasteiger partial charge in [-0.1, -0.05) is 6.07 Å². The predicted molar refractivity (Wildman–Crippen MR) is 85.7 cm³/mol. The van der Waals surface area contributed by atoms with Crippen molar-refractivity contribution in [2.75, 3.05) is 5.32 Å². The van der Waals surface area contributed by atoms with E-state index in [0.29, 0.717) is 11.5 Å². The molecule has 3 heterocycles. The molecule has 0 radical (unpaired) electrons. The first kappa shape index (κ1) is 14.5. The number of carbonyl (C=O) groups is 1. The van der Waals surface area contributed by atoms with Crippen LogP contribution < -0.4 is 5.32 Å². The quantitative estimate of drug-likeness (QED) is 0.778. The number of nitrogens with zero attached hydrogens (tertiary/aromatic N) is 3. The van der Waals surface area contributed by atoms with Gasteiger partial charge in [0.25, 0.3) is 0 Å². The number of hydrogen-bond donors (Lipinski definition) is 2. The first-order chi connectivity index (χ1) is 10.3. The number of carbonyl (C=O) groups excluding carboxylic acids is 1. The maximum absolute atomic E-state index is 11.9. The van der Waals surface area contributed by atoms with Crippen LogP contribution in [0.25, 0.3) is 22.2 Å². The number of pyridine rings is 2. The number of rotatable bonds is 3. The smallest absolute Gasteiger partial charge is 0.228 e. The van der Waals surface area contributed by atoms with Crippen LogP contribution in [0, 0.1) is 5.92 Å². The van der Waals surface area contributed by atoms with Gasteiger partial charge in [-0.3, -0.25) is 14.9 Å². The van der Waals surface area contributed by atoms with E-state index in [1.807, 2.05) is 18.2 Å². The van der Waals surface area contributed by atoms with Crippen LogP contribution in [0.15, 0.2) is 36.8 Å². The summed E-state index contributed by atoms with van der Waals surface area (Å²) < 4.78 is 0. The lowest BCUT2D eigenvalue weighted by atomic mass is 10.1. The standard InChI is InChI=1S/C15H13N5O.ClH/c21-15(9-3-4-9)18-14-12-6-11(8-17-13(12)19-20-14)10-2-1-5-16-7-10;/h1-2,5-9H,3-4H2,(H2,17,18,19,20,21);1H. The van der Waals surface area contributed by atoms with Crippen LogP contribution in [0.3, 0.4) is 0 Å². The van der Waals surface area contributed by atoms with Crippen molar-refractivity contribution in [1.29, 1.82) is 0 Å². The summed E-state index contributed by atoms with van der Waals surface area (Å²) in [6, 6.07) is 5.81. The van der Waals surface area contributed by atoms with E-state index in [2.05, 4.69) is 25.5 Å². The minimum Gasteiger partial charge on any atom is -0.310 e. The Kier molecular flexibility index (Phi) is 3.77. The van der Waals surface area contributed by atoms with Crippen molar-refractivity contribution < 1.29 is 4.79 Å². The first-order valence-corrected chi connectivity index (χ1v) is 6.86. The fraction of sp³-hybridized carbons (Fsp3) is 0.200. The van der Waals surface area contributed by atoms with Crippen LogP contribution in [-0.4, -0.2) is 26.1 Å². The summed E-state index contributed by atoms with van der Waals surface area (Å²) in [5.74, 6) is 0.810. The summed E-state index contributed by atoms with van der Waals surface area (Å²) in [4.78, 5) is 20.3. The molecule has 112 valence electrons. The van der Waals surface area contributed by atoms with Crippen LogP contribution in [0.4, 0.5) is 5.82 Å². The summed E-state index contributed by atoms with van der Waals surface area (Å²) in [7, 11) is 0. The lowest BCUT2D eigenvalue weighted by Gasteiger charge is -2.03. The van der Waals surface area contributed by atoms with Crippen LogP contribution in [0.2, 0.25) is 0 Å². The van der Waals surface area contributed by atoms with Gasteiger partial charge in [0, 0.05) is 35.6 Å². The zero-order valence-corrected chi connectivity index (χ0v) is 12.4. The van der Waals surface area contributed by atoms with Gasteiger partial charge in [-0.25, -0.2) is 4.98 Å². The lowest BCUT2D eigenvalue weighted by Crippen LogP contribution is -2.13. The highest BCUT2D eigenvalue weighted by Crippen LogP contribution is 2.31. The minimum absolute atomic E-state index is 0. The third-order valence-corrected chi connectivity index (χ3v) is 3.60. The zero-order chi connectivity index (χ0) is 14.2. The highest BCUT2D eigenvalue weighted by Gasteiger charge is 2.30. The normalized spacial score (nSPS) is 13.6. The molecule has 1 fully saturated rings. The molecule has 3 aromatic rings. The van der Waals surface area contributed by atoms with E-state index in [1.165, 1.54) is 0 Å². The summed E-state index contributed by atoms with van der Waals surface area (Å²) in [6.07, 6.45) is 7.21. The van der Waals surface area contributed by atoms with Crippen molar-refractivity contribution in [2.45, 2.75) is 12.8 Å². The molecule has 0 atom stereocenters. The van der Waals surface area contributed by atoms with Crippen LogP contribution in [0.1, 0.15) is 12.8 Å². The fourth-order valence-electron chi connectivity index (χ4n) is 2.26. The van der Waals surface area contributed by atoms with E-state index in [-0.39, 0.29) is 24.2 Å². The fourth-order valence-corrected chi connectivity index (χ4v) is 2.26. The Bertz CT molecular complexity index is 813. The molecule has 0 spiro atoms. The average Bonchev–Trinajstić information content (AvgIpc) is 3.31. The third kappa shape index (κ3) is 2.65. The van der Waals surface area contributed by atoms with E-state index >= 15 is 0 Å². The number of nitrogens with one attached hydrogen (secondary N) is 2. The van der Waals surface area contributed by atoms with Crippen molar-refractivity contribution in [3.05, 3.63) is 36.8 Å².